The number of amides is 2. The van der Waals surface area contributed by atoms with Crippen LogP contribution in [0, 0.1) is 17.3 Å². The molecule has 0 aromatic rings. The van der Waals surface area contributed by atoms with Crippen molar-refractivity contribution in [2.45, 2.75) is 55.5 Å². The van der Waals surface area contributed by atoms with Gasteiger partial charge in [0.2, 0.25) is 11.8 Å². The highest BCUT2D eigenvalue weighted by Gasteiger charge is 2.60. The van der Waals surface area contributed by atoms with E-state index in [-0.39, 0.29) is 54.7 Å². The molecule has 3 heterocycles. The second-order valence-corrected chi connectivity index (χ2v) is 14.4. The van der Waals surface area contributed by atoms with Crippen LogP contribution in [0.3, 0.4) is 0 Å². The summed E-state index contributed by atoms with van der Waals surface area (Å²) >= 11 is 6.72. The summed E-state index contributed by atoms with van der Waals surface area (Å²) in [7, 11) is 0. The number of halogens is 2. The number of esters is 2. The number of carbonyl (C=O) groups is 4. The molecule has 0 radical (unpaired) electrons. The Morgan fingerprint density at radius 3 is 1.97 bits per heavy atom. The fourth-order valence-corrected chi connectivity index (χ4v) is 4.34. The number of alkyl halides is 2. The van der Waals surface area contributed by atoms with Gasteiger partial charge in [0.25, 0.3) is 0 Å². The first-order valence-electron chi connectivity index (χ1n) is 11.1. The first-order valence-corrected chi connectivity index (χ1v) is 12.7. The lowest BCUT2D eigenvalue weighted by atomic mass is 9.85. The Bertz CT molecular complexity index is 847. The molecule has 0 aromatic carbocycles. The molecule has 0 aliphatic carbocycles. The van der Waals surface area contributed by atoms with Gasteiger partial charge in [0, 0.05) is 4.32 Å². The Balaban J connectivity index is 1.58. The van der Waals surface area contributed by atoms with Gasteiger partial charge in [0.15, 0.2) is 0 Å². The minimum Gasteiger partial charge on any atom is -0.463 e. The maximum Gasteiger partial charge on any atom is 0.322 e. The van der Waals surface area contributed by atoms with Crippen molar-refractivity contribution in [3.05, 3.63) is 12.2 Å². The number of carbonyl (C=O) groups excluding carboxylic acids is 4. The van der Waals surface area contributed by atoms with E-state index in [1.807, 2.05) is 26.0 Å². The molecule has 2 saturated heterocycles. The first-order chi connectivity index (χ1) is 15.6. The van der Waals surface area contributed by atoms with E-state index in [9.17, 15) is 19.2 Å². The fraction of sp³-hybridized carbons (Fsp3) is 0.739. The molecule has 34 heavy (non-hydrogen) atoms. The van der Waals surface area contributed by atoms with E-state index >= 15 is 0 Å². The van der Waals surface area contributed by atoms with Gasteiger partial charge in [-0.1, -0.05) is 44.0 Å². The van der Waals surface area contributed by atoms with Crippen LogP contribution in [-0.2, 0) is 38.1 Å². The van der Waals surface area contributed by atoms with Gasteiger partial charge in [-0.25, -0.2) is 0 Å². The summed E-state index contributed by atoms with van der Waals surface area (Å²) in [5.74, 6) is -2.79. The van der Waals surface area contributed by atoms with Crippen LogP contribution in [0.25, 0.3) is 0 Å². The number of imide groups is 1. The number of fused-ring (bicyclic) bond motifs is 5. The minimum absolute atomic E-state index is 0.0462. The number of hydrogen-bond donors (Lipinski definition) is 0. The van der Waals surface area contributed by atoms with Crippen LogP contribution in [0.1, 0.15) is 34.6 Å². The third kappa shape index (κ3) is 5.91. The Labute approximate surface area is 216 Å². The van der Waals surface area contributed by atoms with Crippen molar-refractivity contribution in [1.82, 2.24) is 4.90 Å². The van der Waals surface area contributed by atoms with E-state index in [0.29, 0.717) is 6.61 Å². The van der Waals surface area contributed by atoms with Gasteiger partial charge in [-0.3, -0.25) is 24.1 Å². The molecular weight excluding hydrogens is 578 g/mol. The summed E-state index contributed by atoms with van der Waals surface area (Å²) in [6.45, 7) is 8.50. The van der Waals surface area contributed by atoms with Crippen molar-refractivity contribution in [1.29, 1.82) is 0 Å². The predicted molar refractivity (Wildman–Crippen MR) is 128 cm³/mol. The third-order valence-corrected chi connectivity index (χ3v) is 6.47. The van der Waals surface area contributed by atoms with Gasteiger partial charge in [-0.05, 0) is 34.6 Å². The fourth-order valence-electron chi connectivity index (χ4n) is 4.06. The molecule has 190 valence electrons. The molecule has 11 heteroatoms. The molecule has 2 bridgehead atoms. The molecule has 3 unspecified atom stereocenters. The van der Waals surface area contributed by atoms with Gasteiger partial charge in [-0.2, -0.15) is 0 Å². The van der Waals surface area contributed by atoms with Crippen molar-refractivity contribution >= 4 is 55.6 Å². The van der Waals surface area contributed by atoms with Crippen LogP contribution in [0.2, 0.25) is 0 Å². The highest BCUT2D eigenvalue weighted by atomic mass is 79.9. The SMILES string of the molecule is CC(C)(Br)COCC(C)(COC(=O)C(C)(C)Br)C(=O)OCCN1C(=O)[C@@H]2C3C=CC(O3)[C@@H]2C1=O. The Morgan fingerprint density at radius 1 is 0.912 bits per heavy atom. The highest BCUT2D eigenvalue weighted by molar-refractivity contribution is 9.10. The average Bonchev–Trinajstić information content (AvgIpc) is 3.39. The summed E-state index contributed by atoms with van der Waals surface area (Å²) in [5, 5.41) is 0. The van der Waals surface area contributed by atoms with Crippen LogP contribution in [0.15, 0.2) is 12.2 Å². The number of ether oxygens (including phenoxy) is 4. The van der Waals surface area contributed by atoms with Crippen molar-refractivity contribution in [3.63, 3.8) is 0 Å². The summed E-state index contributed by atoms with van der Waals surface area (Å²) in [5.41, 5.74) is -1.28. The average molecular weight is 609 g/mol. The van der Waals surface area contributed by atoms with Crippen LogP contribution in [-0.4, -0.2) is 82.5 Å². The molecule has 0 N–H and O–H groups in total. The zero-order valence-electron chi connectivity index (χ0n) is 20.0. The first kappa shape index (κ1) is 27.3. The third-order valence-electron chi connectivity index (χ3n) is 5.92. The summed E-state index contributed by atoms with van der Waals surface area (Å²) in [6.07, 6.45) is 2.89. The van der Waals surface area contributed by atoms with Gasteiger partial charge in [0.05, 0.1) is 43.8 Å². The summed E-state index contributed by atoms with van der Waals surface area (Å²) in [6, 6.07) is 0. The molecule has 2 amide bonds. The lowest BCUT2D eigenvalue weighted by molar-refractivity contribution is -0.169. The summed E-state index contributed by atoms with van der Waals surface area (Å²) < 4.78 is 20.9. The van der Waals surface area contributed by atoms with Crippen molar-refractivity contribution in [2.75, 3.05) is 33.0 Å². The molecule has 3 rings (SSSR count). The lowest BCUT2D eigenvalue weighted by Crippen LogP contribution is -2.43. The number of hydrogen-bond acceptors (Lipinski definition) is 8. The monoisotopic (exact) mass is 607 g/mol. The van der Waals surface area contributed by atoms with E-state index in [2.05, 4.69) is 31.9 Å². The molecule has 3 aliphatic heterocycles. The van der Waals surface area contributed by atoms with E-state index < -0.39 is 33.5 Å². The minimum atomic E-state index is -1.28. The molecule has 3 aliphatic rings. The number of nitrogens with zero attached hydrogens (tertiary/aromatic N) is 1. The normalized spacial score (nSPS) is 27.7. The molecular formula is C23H31Br2NO8. The molecule has 0 aromatic heterocycles. The molecule has 5 atom stereocenters. The number of rotatable bonds is 11. The van der Waals surface area contributed by atoms with E-state index in [1.165, 1.54) is 0 Å². The maximum atomic E-state index is 13.0. The second kappa shape index (κ2) is 9.99. The van der Waals surface area contributed by atoms with Crippen LogP contribution >= 0.6 is 31.9 Å². The maximum absolute atomic E-state index is 13.0. The zero-order valence-corrected chi connectivity index (χ0v) is 23.1. The predicted octanol–water partition coefficient (Wildman–Crippen LogP) is 2.38. The quantitative estimate of drug-likeness (QED) is 0.152. The van der Waals surface area contributed by atoms with E-state index in [1.54, 1.807) is 20.8 Å². The molecule has 9 nitrogen and oxygen atoms in total. The van der Waals surface area contributed by atoms with Crippen LogP contribution in [0.4, 0.5) is 0 Å². The lowest BCUT2D eigenvalue weighted by Gasteiger charge is -2.29. The van der Waals surface area contributed by atoms with Gasteiger partial charge < -0.3 is 18.9 Å². The van der Waals surface area contributed by atoms with Crippen LogP contribution < -0.4 is 0 Å². The Morgan fingerprint density at radius 2 is 1.47 bits per heavy atom. The Hall–Kier alpha value is -1.30. The van der Waals surface area contributed by atoms with E-state index in [0.717, 1.165) is 4.90 Å². The number of likely N-dealkylation sites (tertiary alicyclic amines) is 1. The Kier molecular flexibility index (Phi) is 8.01. The smallest absolute Gasteiger partial charge is 0.322 e. The van der Waals surface area contributed by atoms with Crippen molar-refractivity contribution < 1.29 is 38.1 Å². The summed E-state index contributed by atoms with van der Waals surface area (Å²) in [4.78, 5) is 51.8. The van der Waals surface area contributed by atoms with Crippen molar-refractivity contribution in [2.24, 2.45) is 17.3 Å². The topological polar surface area (TPSA) is 108 Å². The molecule has 0 saturated carbocycles. The standard InChI is InChI=1S/C23H31Br2NO8/c1-21(2,24)10-31-11-23(5,12-33-19(29)22(3,4)25)20(30)32-9-8-26-17(27)15-13-6-7-14(34-13)16(15)18(26)28/h6-7,13-16H,8-12H2,1-5H3/t13?,14?,15-,16+,23?. The van der Waals surface area contributed by atoms with Crippen molar-refractivity contribution in [3.8, 4) is 0 Å². The van der Waals surface area contributed by atoms with E-state index in [4.69, 9.17) is 18.9 Å². The molecule has 2 fully saturated rings. The second-order valence-electron chi connectivity index (χ2n) is 10.3. The largest absolute Gasteiger partial charge is 0.463 e. The molecule has 0 spiro atoms. The van der Waals surface area contributed by atoms with Gasteiger partial charge in [-0.15, -0.1) is 0 Å². The zero-order chi connectivity index (χ0) is 25.5. The highest BCUT2D eigenvalue weighted by Crippen LogP contribution is 2.44. The van der Waals surface area contributed by atoms with Crippen LogP contribution in [0.5, 0.6) is 0 Å². The van der Waals surface area contributed by atoms with Gasteiger partial charge in [0.1, 0.15) is 23.0 Å². The van der Waals surface area contributed by atoms with Gasteiger partial charge >= 0.3 is 11.9 Å².